The van der Waals surface area contributed by atoms with Crippen molar-refractivity contribution >= 4 is 11.9 Å². The van der Waals surface area contributed by atoms with E-state index in [1.165, 1.54) is 0 Å². The van der Waals surface area contributed by atoms with Crippen LogP contribution in [0.15, 0.2) is 18.2 Å². The van der Waals surface area contributed by atoms with E-state index in [1.807, 2.05) is 0 Å². The molecule has 0 fully saturated rings. The monoisotopic (exact) mass is 271 g/mol. The third-order valence-corrected chi connectivity index (χ3v) is 2.89. The van der Waals surface area contributed by atoms with Gasteiger partial charge in [-0.2, -0.15) is 0 Å². The van der Waals surface area contributed by atoms with Crippen LogP contribution in [0.2, 0.25) is 0 Å². The number of hydrogen-bond acceptors (Lipinski definition) is 2. The molecular weight excluding hydrogens is 256 g/mol. The molecule has 19 heavy (non-hydrogen) atoms. The highest BCUT2D eigenvalue weighted by Crippen LogP contribution is 2.11. The second-order valence-electron chi connectivity index (χ2n) is 4.33. The third kappa shape index (κ3) is 4.01. The van der Waals surface area contributed by atoms with Gasteiger partial charge in [0.1, 0.15) is 17.7 Å². The number of hydrogen-bond donors (Lipinski definition) is 2. The Hall–Kier alpha value is -1.98. The van der Waals surface area contributed by atoms with Gasteiger partial charge >= 0.3 is 5.97 Å². The van der Waals surface area contributed by atoms with Crippen LogP contribution in [0, 0.1) is 17.6 Å². The molecule has 2 N–H and O–H groups in total. The Balaban J connectivity index is 2.90. The summed E-state index contributed by atoms with van der Waals surface area (Å²) in [5, 5.41) is 11.3. The summed E-state index contributed by atoms with van der Waals surface area (Å²) in [6, 6.07) is 1.26. The lowest BCUT2D eigenvalue weighted by molar-refractivity contribution is -0.140. The number of aliphatic carboxylic acids is 1. The van der Waals surface area contributed by atoms with E-state index in [0.29, 0.717) is 12.5 Å². The normalized spacial score (nSPS) is 13.7. The highest BCUT2D eigenvalue weighted by atomic mass is 19.1. The van der Waals surface area contributed by atoms with Crippen LogP contribution in [0.4, 0.5) is 8.78 Å². The molecule has 1 rings (SSSR count). The number of amides is 1. The number of nitrogens with one attached hydrogen (secondary N) is 1. The topological polar surface area (TPSA) is 66.4 Å². The molecule has 1 amide bonds. The van der Waals surface area contributed by atoms with Crippen molar-refractivity contribution in [2.75, 3.05) is 0 Å². The molecule has 1 aromatic carbocycles. The first kappa shape index (κ1) is 15.1. The van der Waals surface area contributed by atoms with Crippen molar-refractivity contribution in [3.63, 3.8) is 0 Å². The minimum absolute atomic E-state index is 0.243. The molecule has 1 unspecified atom stereocenters. The second kappa shape index (κ2) is 6.26. The fourth-order valence-corrected chi connectivity index (χ4v) is 1.59. The molecule has 6 heteroatoms. The fraction of sp³-hybridized carbons (Fsp3) is 0.385. The molecule has 0 spiro atoms. The van der Waals surface area contributed by atoms with E-state index in [2.05, 4.69) is 5.32 Å². The van der Waals surface area contributed by atoms with Crippen molar-refractivity contribution in [2.45, 2.75) is 26.3 Å². The highest BCUT2D eigenvalue weighted by Gasteiger charge is 2.26. The van der Waals surface area contributed by atoms with Crippen LogP contribution in [-0.4, -0.2) is 23.0 Å². The second-order valence-corrected chi connectivity index (χ2v) is 4.33. The van der Waals surface area contributed by atoms with Gasteiger partial charge in [-0.15, -0.1) is 0 Å². The third-order valence-electron chi connectivity index (χ3n) is 2.89. The van der Waals surface area contributed by atoms with E-state index in [4.69, 9.17) is 5.11 Å². The minimum Gasteiger partial charge on any atom is -0.480 e. The molecule has 0 saturated heterocycles. The Morgan fingerprint density at radius 3 is 2.21 bits per heavy atom. The van der Waals surface area contributed by atoms with Crippen LogP contribution in [0.5, 0.6) is 0 Å². The summed E-state index contributed by atoms with van der Waals surface area (Å²) >= 11 is 0. The number of benzene rings is 1. The lowest BCUT2D eigenvalue weighted by atomic mass is 9.99. The summed E-state index contributed by atoms with van der Waals surface area (Å²) in [4.78, 5) is 22.8. The largest absolute Gasteiger partial charge is 0.480 e. The molecule has 1 aromatic rings. The molecule has 2 atom stereocenters. The Morgan fingerprint density at radius 2 is 1.79 bits per heavy atom. The van der Waals surface area contributed by atoms with Crippen molar-refractivity contribution in [1.29, 1.82) is 0 Å². The van der Waals surface area contributed by atoms with Gasteiger partial charge in [-0.1, -0.05) is 20.3 Å². The molecule has 4 nitrogen and oxygen atoms in total. The lowest BCUT2D eigenvalue weighted by Crippen LogP contribution is -2.45. The predicted octanol–water partition coefficient (Wildman–Crippen LogP) is 2.19. The Morgan fingerprint density at radius 1 is 1.26 bits per heavy atom. The number of carbonyl (C=O) groups excluding carboxylic acids is 1. The Labute approximate surface area is 109 Å². The summed E-state index contributed by atoms with van der Waals surface area (Å²) in [7, 11) is 0. The highest BCUT2D eigenvalue weighted by molar-refractivity contribution is 5.96. The van der Waals surface area contributed by atoms with E-state index >= 15 is 0 Å². The minimum atomic E-state index is -1.18. The summed E-state index contributed by atoms with van der Waals surface area (Å²) in [5.41, 5.74) is -0.243. The summed E-state index contributed by atoms with van der Waals surface area (Å²) in [6.07, 6.45) is 0.550. The number of halogens is 2. The number of carboxylic acid groups (broad SMARTS) is 1. The Bertz CT molecular complexity index is 471. The molecule has 0 aromatic heterocycles. The number of carboxylic acids is 1. The quantitative estimate of drug-likeness (QED) is 0.862. The van der Waals surface area contributed by atoms with Gasteiger partial charge in [-0.3, -0.25) is 4.79 Å². The Kier molecular flexibility index (Phi) is 4.97. The first-order valence-electron chi connectivity index (χ1n) is 5.85. The zero-order chi connectivity index (χ0) is 14.6. The summed E-state index contributed by atoms with van der Waals surface area (Å²) in [5.74, 6) is -4.06. The molecule has 0 saturated carbocycles. The smallest absolute Gasteiger partial charge is 0.326 e. The van der Waals surface area contributed by atoms with Crippen molar-refractivity contribution in [1.82, 2.24) is 5.32 Å². The fourth-order valence-electron chi connectivity index (χ4n) is 1.59. The van der Waals surface area contributed by atoms with Gasteiger partial charge in [0.2, 0.25) is 0 Å². The molecule has 0 radical (unpaired) electrons. The van der Waals surface area contributed by atoms with Gasteiger partial charge in [0.05, 0.1) is 0 Å². The number of rotatable bonds is 5. The maximum absolute atomic E-state index is 13.0. The molecule has 0 aliphatic heterocycles. The van der Waals surface area contributed by atoms with E-state index in [9.17, 15) is 18.4 Å². The van der Waals surface area contributed by atoms with Crippen molar-refractivity contribution in [2.24, 2.45) is 5.92 Å². The zero-order valence-electron chi connectivity index (χ0n) is 10.6. The average molecular weight is 271 g/mol. The van der Waals surface area contributed by atoms with Crippen LogP contribution in [0.1, 0.15) is 30.6 Å². The molecule has 0 bridgehead atoms. The molecule has 0 aliphatic rings. The van der Waals surface area contributed by atoms with Crippen molar-refractivity contribution in [3.05, 3.63) is 35.4 Å². The first-order valence-corrected chi connectivity index (χ1v) is 5.85. The van der Waals surface area contributed by atoms with Gasteiger partial charge in [-0.25, -0.2) is 13.6 Å². The van der Waals surface area contributed by atoms with E-state index in [0.717, 1.165) is 12.1 Å². The molecule has 104 valence electrons. The first-order chi connectivity index (χ1) is 8.85. The van der Waals surface area contributed by atoms with E-state index in [1.54, 1.807) is 13.8 Å². The van der Waals surface area contributed by atoms with Crippen molar-refractivity contribution < 1.29 is 23.5 Å². The van der Waals surface area contributed by atoms with E-state index in [-0.39, 0.29) is 11.5 Å². The van der Waals surface area contributed by atoms with Gasteiger partial charge in [0.25, 0.3) is 5.91 Å². The predicted molar refractivity (Wildman–Crippen MR) is 64.7 cm³/mol. The van der Waals surface area contributed by atoms with Gasteiger partial charge in [-0.05, 0) is 18.1 Å². The average Bonchev–Trinajstić information content (AvgIpc) is 2.33. The van der Waals surface area contributed by atoms with Crippen LogP contribution in [-0.2, 0) is 4.79 Å². The molecular formula is C13H15F2NO3. The maximum Gasteiger partial charge on any atom is 0.326 e. The molecule has 0 aliphatic carbocycles. The number of carbonyl (C=O) groups is 2. The van der Waals surface area contributed by atoms with Crippen LogP contribution < -0.4 is 5.32 Å². The van der Waals surface area contributed by atoms with Crippen LogP contribution in [0.3, 0.4) is 0 Å². The zero-order valence-corrected chi connectivity index (χ0v) is 10.6. The van der Waals surface area contributed by atoms with Crippen molar-refractivity contribution in [3.8, 4) is 0 Å². The maximum atomic E-state index is 13.0. The summed E-state index contributed by atoms with van der Waals surface area (Å²) < 4.78 is 25.9. The van der Waals surface area contributed by atoms with Gasteiger partial charge in [0, 0.05) is 11.6 Å². The SMILES string of the molecule is CCC(C)[C@H](NC(=O)c1cc(F)cc(F)c1)C(=O)O. The van der Waals surface area contributed by atoms with Crippen LogP contribution in [0.25, 0.3) is 0 Å². The van der Waals surface area contributed by atoms with Gasteiger partial charge in [0.15, 0.2) is 0 Å². The van der Waals surface area contributed by atoms with Crippen LogP contribution >= 0.6 is 0 Å². The lowest BCUT2D eigenvalue weighted by Gasteiger charge is -2.20. The van der Waals surface area contributed by atoms with Gasteiger partial charge < -0.3 is 10.4 Å². The summed E-state index contributed by atoms with van der Waals surface area (Å²) in [6.45, 7) is 3.46. The standard InChI is InChI=1S/C13H15F2NO3/c1-3-7(2)11(13(18)19)16-12(17)8-4-9(14)6-10(15)5-8/h4-7,11H,3H2,1-2H3,(H,16,17)(H,18,19)/t7?,11-/m0/s1. The van der Waals surface area contributed by atoms with E-state index < -0.39 is 29.6 Å². The molecule has 0 heterocycles.